The molecule has 466 valence electrons. The fraction of sp³-hybridized carbons (Fsp3) is 0.758. The highest BCUT2D eigenvalue weighted by molar-refractivity contribution is 6.39. The van der Waals surface area contributed by atoms with E-state index in [-0.39, 0.29) is 49.8 Å². The number of likely N-dealkylation sites (N-methyl/N-ethyl adjacent to an activating group) is 1. The normalized spacial score (nSPS) is 35.2. The molecular formula is C62H99N7O14. The van der Waals surface area contributed by atoms with Gasteiger partial charge in [0.15, 0.2) is 6.61 Å². The second-order valence-corrected chi connectivity index (χ2v) is 24.5. The van der Waals surface area contributed by atoms with Crippen molar-refractivity contribution in [3.8, 4) is 0 Å². The molecule has 0 radical (unpaired) electrons. The predicted octanol–water partition coefficient (Wildman–Crippen LogP) is 5.61. The molecule has 2 bridgehead atoms. The monoisotopic (exact) mass is 1170 g/mol. The first kappa shape index (κ1) is 67.4. The molecule has 0 unspecified atom stereocenters. The zero-order chi connectivity index (χ0) is 60.4. The van der Waals surface area contributed by atoms with Crippen molar-refractivity contribution in [2.45, 2.75) is 205 Å². The van der Waals surface area contributed by atoms with Gasteiger partial charge in [0.1, 0.15) is 24.4 Å². The van der Waals surface area contributed by atoms with E-state index in [2.05, 4.69) is 50.3 Å². The van der Waals surface area contributed by atoms with Crippen LogP contribution >= 0.6 is 0 Å². The smallest absolute Gasteiger partial charge is 0.329 e. The zero-order valence-corrected chi connectivity index (χ0v) is 51.2. The summed E-state index contributed by atoms with van der Waals surface area (Å²) in [5.41, 5.74) is 2.52. The quantitative estimate of drug-likeness (QED) is 0.0737. The maximum absolute atomic E-state index is 14.5. The van der Waals surface area contributed by atoms with E-state index < -0.39 is 96.6 Å². The van der Waals surface area contributed by atoms with Crippen molar-refractivity contribution in [2.24, 2.45) is 34.7 Å². The molecule has 6 rings (SSSR count). The van der Waals surface area contributed by atoms with E-state index in [0.29, 0.717) is 81.4 Å². The number of piperazine rings is 1. The summed E-state index contributed by atoms with van der Waals surface area (Å²) in [4.78, 5) is 76.8. The predicted molar refractivity (Wildman–Crippen MR) is 314 cm³/mol. The maximum Gasteiger partial charge on any atom is 0.329 e. The third kappa shape index (κ3) is 19.1. The number of carbonyl (C=O) groups is 4. The Labute approximate surface area is 492 Å². The Kier molecular flexibility index (Phi) is 26.6. The minimum atomic E-state index is -2.43. The molecule has 3 saturated heterocycles. The molecule has 15 atom stereocenters. The number of ketones is 1. The third-order valence-corrected chi connectivity index (χ3v) is 18.0. The molecule has 1 aromatic heterocycles. The minimum Gasteiger partial charge on any atom is -0.461 e. The molecule has 5 heterocycles. The molecule has 2 amide bonds. The number of Topliss-reactive ketones (excluding diaryl/α,β-unsaturated/α-hetero) is 1. The van der Waals surface area contributed by atoms with Crippen LogP contribution in [0.15, 0.2) is 53.0 Å². The highest BCUT2D eigenvalue weighted by Crippen LogP contribution is 2.37. The number of cyclic esters (lactones) is 1. The molecule has 21 heteroatoms. The van der Waals surface area contributed by atoms with E-state index in [0.717, 1.165) is 56.6 Å². The lowest BCUT2D eigenvalue weighted by Crippen LogP contribution is -2.60. The Morgan fingerprint density at radius 1 is 0.831 bits per heavy atom. The molecule has 1 aromatic rings. The number of nitrogens with zero attached hydrogens (tertiary/aromatic N) is 6. The van der Waals surface area contributed by atoms with E-state index in [9.17, 15) is 39.6 Å². The Bertz CT molecular complexity index is 2360. The third-order valence-electron chi connectivity index (χ3n) is 18.0. The number of fused-ring (bicyclic) bond motifs is 3. The maximum atomic E-state index is 14.5. The molecular weight excluding hydrogens is 1070 g/mol. The van der Waals surface area contributed by atoms with Crippen LogP contribution in [-0.4, -0.2) is 198 Å². The van der Waals surface area contributed by atoms with Gasteiger partial charge in [-0.25, -0.2) is 14.8 Å². The topological polar surface area (TPSA) is 264 Å². The number of oxime groups is 1. The van der Waals surface area contributed by atoms with Gasteiger partial charge >= 0.3 is 5.97 Å². The van der Waals surface area contributed by atoms with Crippen LogP contribution < -0.4 is 10.2 Å². The first-order valence-corrected chi connectivity index (χ1v) is 30.5. The SMILES string of the molecule is CO[C@H]1C[C@@H]2CC[C@@H](C)[C@@](O)(O2)C(=O)C(=O)N2CCCC[C@H]2C(=O)O[C@H](CC[C@@H]2CC[C@@H](O)[C@H](OC)C2)C[C@@H](O)[C@H](C)/C=C(\C)[C@@H](O)[C@@H](OC)/C(=N/OCC(=O)NCc2cnc(N3CCN(C)CC3)nc2)[C@H](C)C[C@H](C)CCC=CC=C1C. The van der Waals surface area contributed by atoms with Gasteiger partial charge in [-0.2, -0.15) is 0 Å². The molecule has 0 spiro atoms. The summed E-state index contributed by atoms with van der Waals surface area (Å²) in [6.45, 7) is 14.7. The van der Waals surface area contributed by atoms with Crippen LogP contribution in [0, 0.1) is 29.6 Å². The van der Waals surface area contributed by atoms with Gasteiger partial charge in [0.2, 0.25) is 11.7 Å². The lowest BCUT2D eigenvalue weighted by Gasteiger charge is -2.42. The van der Waals surface area contributed by atoms with E-state index in [1.165, 1.54) is 12.0 Å². The number of rotatable bonds is 12. The largest absolute Gasteiger partial charge is 0.461 e. The summed E-state index contributed by atoms with van der Waals surface area (Å²) in [6.07, 6.45) is 12.8. The molecule has 1 aliphatic carbocycles. The summed E-state index contributed by atoms with van der Waals surface area (Å²) < 4.78 is 30.1. The fourth-order valence-electron chi connectivity index (χ4n) is 12.4. The number of methoxy groups -OCH3 is 3. The number of piperidine rings is 1. The number of aromatic nitrogens is 2. The molecule has 5 N–H and O–H groups in total. The number of hydrogen-bond donors (Lipinski definition) is 5. The lowest BCUT2D eigenvalue weighted by atomic mass is 9.81. The first-order valence-electron chi connectivity index (χ1n) is 30.5. The van der Waals surface area contributed by atoms with Crippen LogP contribution in [0.4, 0.5) is 5.95 Å². The molecule has 0 aromatic carbocycles. The van der Waals surface area contributed by atoms with E-state index in [1.54, 1.807) is 53.5 Å². The lowest BCUT2D eigenvalue weighted by molar-refractivity contribution is -0.265. The van der Waals surface area contributed by atoms with Gasteiger partial charge in [-0.1, -0.05) is 57.2 Å². The summed E-state index contributed by atoms with van der Waals surface area (Å²) in [6, 6.07) is -1.12. The van der Waals surface area contributed by atoms with Crippen molar-refractivity contribution in [2.75, 3.05) is 72.6 Å². The van der Waals surface area contributed by atoms with Crippen molar-refractivity contribution in [1.29, 1.82) is 0 Å². The van der Waals surface area contributed by atoms with E-state index in [4.69, 9.17) is 28.5 Å². The highest BCUT2D eigenvalue weighted by atomic mass is 16.6. The van der Waals surface area contributed by atoms with E-state index >= 15 is 0 Å². The van der Waals surface area contributed by atoms with E-state index in [1.807, 2.05) is 26.0 Å². The second kappa shape index (κ2) is 32.7. The highest BCUT2D eigenvalue weighted by Gasteiger charge is 2.53. The summed E-state index contributed by atoms with van der Waals surface area (Å²) >= 11 is 0. The first-order chi connectivity index (χ1) is 39.6. The summed E-state index contributed by atoms with van der Waals surface area (Å²) in [5, 5.41) is 54.1. The van der Waals surface area contributed by atoms with Gasteiger partial charge in [-0.05, 0) is 127 Å². The molecule has 5 aliphatic rings. The van der Waals surface area contributed by atoms with Gasteiger partial charge in [0.25, 0.3) is 17.6 Å². The number of aliphatic hydroxyl groups is 4. The summed E-state index contributed by atoms with van der Waals surface area (Å²) in [5.74, 6) is -6.29. The number of esters is 1. The number of ether oxygens (including phenoxy) is 5. The molecule has 4 fully saturated rings. The molecule has 21 nitrogen and oxygen atoms in total. The number of nitrogens with one attached hydrogen (secondary N) is 1. The Morgan fingerprint density at radius 2 is 1.57 bits per heavy atom. The van der Waals surface area contributed by atoms with Crippen LogP contribution in [0.1, 0.15) is 143 Å². The number of allylic oxidation sites excluding steroid dienone is 3. The Balaban J connectivity index is 1.25. The molecule has 83 heavy (non-hydrogen) atoms. The van der Waals surface area contributed by atoms with Crippen molar-refractivity contribution in [3.05, 3.63) is 53.4 Å². The summed E-state index contributed by atoms with van der Waals surface area (Å²) in [7, 11) is 6.74. The fourth-order valence-corrected chi connectivity index (χ4v) is 12.4. The number of amides is 2. The number of carbonyl (C=O) groups excluding carboxylic acids is 4. The average Bonchev–Trinajstić information content (AvgIpc) is 3.67. The van der Waals surface area contributed by atoms with Crippen LogP contribution in [0.5, 0.6) is 0 Å². The molecule has 4 aliphatic heterocycles. The number of aliphatic hydroxyl groups excluding tert-OH is 3. The van der Waals surface area contributed by atoms with Crippen LogP contribution in [0.25, 0.3) is 0 Å². The van der Waals surface area contributed by atoms with Crippen molar-refractivity contribution in [1.82, 2.24) is 25.1 Å². The average molecular weight is 1170 g/mol. The van der Waals surface area contributed by atoms with Gasteiger partial charge in [-0.3, -0.25) is 14.4 Å². The van der Waals surface area contributed by atoms with Gasteiger partial charge in [-0.15, -0.1) is 0 Å². The Morgan fingerprint density at radius 3 is 2.27 bits per heavy atom. The van der Waals surface area contributed by atoms with Gasteiger partial charge in [0.05, 0.1) is 36.2 Å². The van der Waals surface area contributed by atoms with Crippen molar-refractivity contribution >= 4 is 35.2 Å². The zero-order valence-electron chi connectivity index (χ0n) is 51.2. The second-order valence-electron chi connectivity index (χ2n) is 24.5. The van der Waals surface area contributed by atoms with Crippen LogP contribution in [0.3, 0.4) is 0 Å². The van der Waals surface area contributed by atoms with Crippen LogP contribution in [0.2, 0.25) is 0 Å². The number of anilines is 1. The Hall–Kier alpha value is -4.71. The van der Waals surface area contributed by atoms with Gasteiger partial charge in [0, 0.05) is 109 Å². The molecule has 1 saturated carbocycles. The minimum absolute atomic E-state index is 0.00836. The standard InChI is InChI=1S/C62H99N7O14/c1-39-16-12-11-13-17-40(2)52(78-8)34-48-22-19-44(6)62(77,83-48)58(74)59(75)69-25-15-14-18-49(69)60(76)82-47(23-20-45-21-24-50(70)53(32-45)79-9)33-51(71)41(3)31-43(5)56(73)57(80-10)55(42(4)30-39)66-81-38-54(72)63-35-46-36-64-61(65-37-46)68-28-26-67(7)27-29-68/h11,13,17,31,36-37,39,41-42,44-45,47-53,56-57,70-71,73,77H,12,14-16,18-30,32-35,38H2,1-10H3,(H,63,72)/b13-11?,40-17?,43-31+,66-55+/t39-,41-,42-,44-,45-,47-,48+,49+,50-,51-,52+,53-,56-,57+,62-/m1/s1. The van der Waals surface area contributed by atoms with Gasteiger partial charge < -0.3 is 69.0 Å². The van der Waals surface area contributed by atoms with Crippen molar-refractivity contribution in [3.63, 3.8) is 0 Å². The van der Waals surface area contributed by atoms with Crippen molar-refractivity contribution < 1.29 is 68.1 Å². The number of hydrogen-bond acceptors (Lipinski definition) is 19. The van der Waals surface area contributed by atoms with Crippen LogP contribution in [-0.2, 0) is 54.2 Å².